The number of hydrogen-bond donors (Lipinski definition) is 1. The molecule has 0 aliphatic carbocycles. The molecule has 112 valence electrons. The average molecular weight is 306 g/mol. The van der Waals surface area contributed by atoms with E-state index in [0.29, 0.717) is 12.4 Å². The summed E-state index contributed by atoms with van der Waals surface area (Å²) in [6.45, 7) is 4.50. The number of pyridine rings is 1. The van der Waals surface area contributed by atoms with Crippen molar-refractivity contribution in [3.63, 3.8) is 0 Å². The Morgan fingerprint density at radius 3 is 2.52 bits per heavy atom. The maximum absolute atomic E-state index is 12.3. The largest absolute Gasteiger partial charge is 0.494 e. The molecule has 0 atom stereocenters. The lowest BCUT2D eigenvalue weighted by molar-refractivity contribution is 0.337. The van der Waals surface area contributed by atoms with E-state index in [9.17, 15) is 8.42 Å². The van der Waals surface area contributed by atoms with Crippen LogP contribution in [-0.4, -0.2) is 20.0 Å². The smallest absolute Gasteiger partial charge is 0.240 e. The summed E-state index contributed by atoms with van der Waals surface area (Å²) in [6, 6.07) is 8.38. The van der Waals surface area contributed by atoms with E-state index in [1.165, 1.54) is 0 Å². The molecule has 0 saturated carbocycles. The minimum Gasteiger partial charge on any atom is -0.494 e. The number of hydrogen-bond acceptors (Lipinski definition) is 4. The van der Waals surface area contributed by atoms with Crippen molar-refractivity contribution >= 4 is 10.0 Å². The van der Waals surface area contributed by atoms with Crippen LogP contribution >= 0.6 is 0 Å². The molecule has 2 aromatic rings. The zero-order valence-corrected chi connectivity index (χ0v) is 12.9. The molecule has 6 heteroatoms. The number of ether oxygens (including phenoxy) is 1. The number of nitrogens with one attached hydrogen (secondary N) is 1. The van der Waals surface area contributed by atoms with Crippen LogP contribution in [0.2, 0.25) is 0 Å². The van der Waals surface area contributed by atoms with Crippen LogP contribution in [0.4, 0.5) is 0 Å². The van der Waals surface area contributed by atoms with Gasteiger partial charge in [-0.25, -0.2) is 13.1 Å². The fourth-order valence-electron chi connectivity index (χ4n) is 1.87. The van der Waals surface area contributed by atoms with E-state index in [2.05, 4.69) is 9.71 Å². The quantitative estimate of drug-likeness (QED) is 0.889. The second-order valence-electron chi connectivity index (χ2n) is 4.54. The monoisotopic (exact) mass is 306 g/mol. The van der Waals surface area contributed by atoms with Gasteiger partial charge in [-0.1, -0.05) is 0 Å². The molecule has 1 heterocycles. The molecule has 1 N–H and O–H groups in total. The van der Waals surface area contributed by atoms with E-state index in [-0.39, 0.29) is 11.4 Å². The van der Waals surface area contributed by atoms with Gasteiger partial charge in [0, 0.05) is 18.9 Å². The zero-order valence-electron chi connectivity index (χ0n) is 12.0. The van der Waals surface area contributed by atoms with Crippen molar-refractivity contribution in [3.05, 3.63) is 53.9 Å². The number of sulfonamides is 1. The summed E-state index contributed by atoms with van der Waals surface area (Å²) in [5.41, 5.74) is 1.65. The minimum atomic E-state index is -3.54. The van der Waals surface area contributed by atoms with Crippen molar-refractivity contribution in [2.75, 3.05) is 6.61 Å². The second kappa shape index (κ2) is 6.69. The third-order valence-corrected chi connectivity index (χ3v) is 4.37. The topological polar surface area (TPSA) is 68.3 Å². The van der Waals surface area contributed by atoms with E-state index in [1.807, 2.05) is 13.8 Å². The average Bonchev–Trinajstić information content (AvgIpc) is 2.48. The van der Waals surface area contributed by atoms with Gasteiger partial charge in [-0.15, -0.1) is 0 Å². The lowest BCUT2D eigenvalue weighted by Gasteiger charge is -2.10. The van der Waals surface area contributed by atoms with Crippen molar-refractivity contribution in [2.45, 2.75) is 25.3 Å². The van der Waals surface area contributed by atoms with Crippen LogP contribution in [0.3, 0.4) is 0 Å². The Kier molecular flexibility index (Phi) is 4.93. The van der Waals surface area contributed by atoms with Crippen LogP contribution < -0.4 is 9.46 Å². The van der Waals surface area contributed by atoms with Gasteiger partial charge in [-0.3, -0.25) is 4.98 Å². The normalized spacial score (nSPS) is 11.3. The summed E-state index contributed by atoms with van der Waals surface area (Å²) in [5.74, 6) is 0.700. The Balaban J connectivity index is 2.14. The first-order chi connectivity index (χ1) is 10.0. The van der Waals surface area contributed by atoms with E-state index in [1.54, 1.807) is 42.7 Å². The van der Waals surface area contributed by atoms with Gasteiger partial charge in [0.1, 0.15) is 5.75 Å². The van der Waals surface area contributed by atoms with Crippen molar-refractivity contribution in [3.8, 4) is 5.75 Å². The number of benzene rings is 1. The van der Waals surface area contributed by atoms with E-state index in [0.717, 1.165) is 11.1 Å². The van der Waals surface area contributed by atoms with Crippen molar-refractivity contribution in [1.29, 1.82) is 0 Å². The Labute approximate surface area is 125 Å². The van der Waals surface area contributed by atoms with Crippen LogP contribution in [0.15, 0.2) is 47.6 Å². The van der Waals surface area contributed by atoms with Crippen LogP contribution in [0, 0.1) is 6.92 Å². The minimum absolute atomic E-state index is 0.233. The predicted octanol–water partition coefficient (Wildman–Crippen LogP) is 2.27. The first-order valence-corrected chi connectivity index (χ1v) is 8.13. The van der Waals surface area contributed by atoms with Gasteiger partial charge >= 0.3 is 0 Å². The molecule has 21 heavy (non-hydrogen) atoms. The lowest BCUT2D eigenvalue weighted by Crippen LogP contribution is -2.23. The maximum Gasteiger partial charge on any atom is 0.240 e. The SMILES string of the molecule is CCOc1ccc(S(=O)(=O)NCc2ccncc2)cc1C. The summed E-state index contributed by atoms with van der Waals surface area (Å²) >= 11 is 0. The molecule has 0 saturated heterocycles. The van der Waals surface area contributed by atoms with E-state index >= 15 is 0 Å². The summed E-state index contributed by atoms with van der Waals surface area (Å²) in [5, 5.41) is 0. The van der Waals surface area contributed by atoms with Crippen LogP contribution in [0.1, 0.15) is 18.1 Å². The molecule has 2 rings (SSSR count). The van der Waals surface area contributed by atoms with Gasteiger partial charge in [-0.05, 0) is 55.3 Å². The summed E-state index contributed by atoms with van der Waals surface area (Å²) in [7, 11) is -3.54. The standard InChI is InChI=1S/C15H18N2O3S/c1-3-20-15-5-4-14(10-12(15)2)21(18,19)17-11-13-6-8-16-9-7-13/h4-10,17H,3,11H2,1-2H3. The van der Waals surface area contributed by atoms with Crippen molar-refractivity contribution < 1.29 is 13.2 Å². The first kappa shape index (κ1) is 15.5. The Morgan fingerprint density at radius 2 is 1.90 bits per heavy atom. The Hall–Kier alpha value is -1.92. The summed E-state index contributed by atoms with van der Waals surface area (Å²) in [4.78, 5) is 4.13. The lowest BCUT2D eigenvalue weighted by atomic mass is 10.2. The molecular formula is C15H18N2O3S. The highest BCUT2D eigenvalue weighted by atomic mass is 32.2. The molecule has 0 fully saturated rings. The molecule has 0 amide bonds. The molecule has 5 nitrogen and oxygen atoms in total. The first-order valence-electron chi connectivity index (χ1n) is 6.65. The van der Waals surface area contributed by atoms with E-state index in [4.69, 9.17) is 4.74 Å². The van der Waals surface area contributed by atoms with Gasteiger partial charge in [-0.2, -0.15) is 0 Å². The third kappa shape index (κ3) is 4.03. The van der Waals surface area contributed by atoms with Gasteiger partial charge in [0.2, 0.25) is 10.0 Å². The molecule has 0 aliphatic rings. The molecule has 0 radical (unpaired) electrons. The fourth-order valence-corrected chi connectivity index (χ4v) is 2.97. The molecule has 1 aromatic carbocycles. The molecule has 0 bridgehead atoms. The molecular weight excluding hydrogens is 288 g/mol. The summed E-state index contributed by atoms with van der Waals surface area (Å²) < 4.78 is 32.5. The number of nitrogens with zero attached hydrogens (tertiary/aromatic N) is 1. The number of aryl methyl sites for hydroxylation is 1. The second-order valence-corrected chi connectivity index (χ2v) is 6.31. The zero-order chi connectivity index (χ0) is 15.3. The summed E-state index contributed by atoms with van der Waals surface area (Å²) in [6.07, 6.45) is 3.26. The Bertz CT molecular complexity index is 700. The fraction of sp³-hybridized carbons (Fsp3) is 0.267. The Morgan fingerprint density at radius 1 is 1.19 bits per heavy atom. The van der Waals surface area contributed by atoms with Crippen molar-refractivity contribution in [2.24, 2.45) is 0 Å². The van der Waals surface area contributed by atoms with Gasteiger partial charge < -0.3 is 4.74 Å². The number of aromatic nitrogens is 1. The molecule has 1 aromatic heterocycles. The predicted molar refractivity (Wildman–Crippen MR) is 80.6 cm³/mol. The van der Waals surface area contributed by atoms with Crippen LogP contribution in [0.25, 0.3) is 0 Å². The van der Waals surface area contributed by atoms with Gasteiger partial charge in [0.15, 0.2) is 0 Å². The van der Waals surface area contributed by atoms with Gasteiger partial charge in [0.25, 0.3) is 0 Å². The highest BCUT2D eigenvalue weighted by Gasteiger charge is 2.15. The van der Waals surface area contributed by atoms with Gasteiger partial charge in [0.05, 0.1) is 11.5 Å². The van der Waals surface area contributed by atoms with Crippen LogP contribution in [-0.2, 0) is 16.6 Å². The van der Waals surface area contributed by atoms with Crippen molar-refractivity contribution in [1.82, 2.24) is 9.71 Å². The van der Waals surface area contributed by atoms with Crippen LogP contribution in [0.5, 0.6) is 5.75 Å². The highest BCUT2D eigenvalue weighted by Crippen LogP contribution is 2.21. The maximum atomic E-state index is 12.3. The third-order valence-electron chi connectivity index (χ3n) is 2.97. The number of rotatable bonds is 6. The molecule has 0 spiro atoms. The highest BCUT2D eigenvalue weighted by molar-refractivity contribution is 7.89. The molecule has 0 aliphatic heterocycles. The van der Waals surface area contributed by atoms with E-state index < -0.39 is 10.0 Å². The molecule has 0 unspecified atom stereocenters.